The summed E-state index contributed by atoms with van der Waals surface area (Å²) >= 11 is 0. The number of hydrazone groups is 1. The van der Waals surface area contributed by atoms with Crippen LogP contribution in [0.3, 0.4) is 0 Å². The van der Waals surface area contributed by atoms with Gasteiger partial charge in [-0.15, -0.1) is 0 Å². The molecule has 0 saturated carbocycles. The summed E-state index contributed by atoms with van der Waals surface area (Å²) < 4.78 is 0. The molecule has 2 N–H and O–H groups in total. The van der Waals surface area contributed by atoms with E-state index in [0.717, 1.165) is 24.0 Å². The Morgan fingerprint density at radius 1 is 1.00 bits per heavy atom. The minimum Gasteiger partial charge on any atom is -0.507 e. The second kappa shape index (κ2) is 8.94. The Hall–Kier alpha value is -3.12. The van der Waals surface area contributed by atoms with Crippen molar-refractivity contribution in [2.24, 2.45) is 5.10 Å². The van der Waals surface area contributed by atoms with E-state index < -0.39 is 6.10 Å². The Morgan fingerprint density at radius 3 is 2.06 bits per heavy atom. The summed E-state index contributed by atoms with van der Waals surface area (Å²) in [6.07, 6.45) is 1.65. The number of aliphatic hydroxyl groups is 2. The number of hydrogen-bond acceptors (Lipinski definition) is 5. The molecule has 2 atom stereocenters. The Morgan fingerprint density at radius 2 is 1.55 bits per heavy atom. The molecule has 0 aromatic heterocycles. The van der Waals surface area contributed by atoms with Gasteiger partial charge in [-0.05, 0) is 24.0 Å². The van der Waals surface area contributed by atoms with Crippen molar-refractivity contribution in [2.45, 2.75) is 50.8 Å². The van der Waals surface area contributed by atoms with Gasteiger partial charge in [0.2, 0.25) is 0 Å². The van der Waals surface area contributed by atoms with E-state index >= 15 is 0 Å². The first kappa shape index (κ1) is 21.1. The van der Waals surface area contributed by atoms with Gasteiger partial charge in [0, 0.05) is 18.5 Å². The highest BCUT2D eigenvalue weighted by Crippen LogP contribution is 2.38. The molecule has 2 aliphatic rings. The fourth-order valence-electron chi connectivity index (χ4n) is 4.73. The summed E-state index contributed by atoms with van der Waals surface area (Å²) in [5.41, 5.74) is 2.30. The summed E-state index contributed by atoms with van der Waals surface area (Å²) in [5.74, 6) is -0.693. The summed E-state index contributed by atoms with van der Waals surface area (Å²) in [6.45, 7) is 4.61. The van der Waals surface area contributed by atoms with Gasteiger partial charge < -0.3 is 15.1 Å². The maximum atomic E-state index is 13.4. The number of hydrogen-bond donors (Lipinski definition) is 2. The minimum absolute atomic E-state index is 0.0488. The van der Waals surface area contributed by atoms with Gasteiger partial charge >= 0.3 is 0 Å². The Bertz CT molecular complexity index is 931. The monoisotopic (exact) mass is 419 g/mol. The van der Waals surface area contributed by atoms with Crippen LogP contribution in [0.5, 0.6) is 0 Å². The molecular weight excluding hydrogens is 390 g/mol. The molecule has 162 valence electrons. The summed E-state index contributed by atoms with van der Waals surface area (Å²) in [7, 11) is 0. The molecule has 2 unspecified atom stereocenters. The average Bonchev–Trinajstić information content (AvgIpc) is 2.80. The molecule has 0 bridgehead atoms. The van der Waals surface area contributed by atoms with E-state index in [0.29, 0.717) is 6.54 Å². The van der Waals surface area contributed by atoms with E-state index in [1.54, 1.807) is 5.01 Å². The molecule has 0 spiro atoms. The van der Waals surface area contributed by atoms with Crippen molar-refractivity contribution in [3.63, 3.8) is 0 Å². The highest BCUT2D eigenvalue weighted by atomic mass is 16.3. The van der Waals surface area contributed by atoms with E-state index in [9.17, 15) is 15.0 Å². The van der Waals surface area contributed by atoms with Gasteiger partial charge in [-0.25, -0.2) is 0 Å². The average molecular weight is 420 g/mol. The van der Waals surface area contributed by atoms with E-state index in [1.165, 1.54) is 6.21 Å². The summed E-state index contributed by atoms with van der Waals surface area (Å²) in [5, 5.41) is 26.9. The van der Waals surface area contributed by atoms with Crippen LogP contribution < -0.4 is 0 Å². The number of fused-ring (bicyclic) bond motifs is 1. The fourth-order valence-corrected chi connectivity index (χ4v) is 4.73. The van der Waals surface area contributed by atoms with Crippen molar-refractivity contribution in [1.29, 1.82) is 0 Å². The number of aliphatic hydroxyl groups excluding tert-OH is 2. The first-order chi connectivity index (χ1) is 15.1. The summed E-state index contributed by atoms with van der Waals surface area (Å²) in [6, 6.07) is 20.2. The highest BCUT2D eigenvalue weighted by molar-refractivity contribution is 5.96. The van der Waals surface area contributed by atoms with Crippen molar-refractivity contribution in [2.75, 3.05) is 6.54 Å². The van der Waals surface area contributed by atoms with Crippen molar-refractivity contribution in [3.8, 4) is 0 Å². The van der Waals surface area contributed by atoms with Crippen LogP contribution in [-0.4, -0.2) is 57.0 Å². The zero-order valence-electron chi connectivity index (χ0n) is 17.9. The molecule has 1 saturated heterocycles. The van der Waals surface area contributed by atoms with E-state index in [-0.39, 0.29) is 35.4 Å². The van der Waals surface area contributed by atoms with Gasteiger partial charge in [-0.1, -0.05) is 74.5 Å². The maximum absolute atomic E-state index is 13.4. The van der Waals surface area contributed by atoms with Gasteiger partial charge in [0.15, 0.2) is 11.5 Å². The second-order valence-electron chi connectivity index (χ2n) is 8.08. The number of amides is 1. The standard InChI is InChI=1S/C25H29N3O3/c1-3-19(4-2)27-16-20(28-23(25(27)31)24(30)21(29)15-26-28)22(17-11-7-5-8-12-17)18-13-9-6-10-14-18/h5-15,19-22,29-30H,3-4,16H2,1-2H3. The SMILES string of the molecule is CCC(CC)N1CC(C(c2ccccc2)c2ccccc2)N2N=CC(O)C(O)=C2C1=O. The molecule has 6 nitrogen and oxygen atoms in total. The number of rotatable bonds is 6. The maximum Gasteiger partial charge on any atom is 0.276 e. The number of carbonyl (C=O) groups is 1. The van der Waals surface area contributed by atoms with Crippen LogP contribution in [0.4, 0.5) is 0 Å². The van der Waals surface area contributed by atoms with Gasteiger partial charge in [-0.3, -0.25) is 9.80 Å². The van der Waals surface area contributed by atoms with Crippen molar-refractivity contribution < 1.29 is 15.0 Å². The van der Waals surface area contributed by atoms with E-state index in [4.69, 9.17) is 0 Å². The van der Waals surface area contributed by atoms with Crippen LogP contribution >= 0.6 is 0 Å². The molecule has 0 aliphatic carbocycles. The lowest BCUT2D eigenvalue weighted by Gasteiger charge is -2.47. The quantitative estimate of drug-likeness (QED) is 0.749. The topological polar surface area (TPSA) is 76.4 Å². The van der Waals surface area contributed by atoms with Gasteiger partial charge in [0.1, 0.15) is 6.10 Å². The van der Waals surface area contributed by atoms with Crippen LogP contribution in [0, 0.1) is 0 Å². The van der Waals surface area contributed by atoms with Crippen molar-refractivity contribution in [1.82, 2.24) is 9.91 Å². The van der Waals surface area contributed by atoms with Crippen LogP contribution in [-0.2, 0) is 4.79 Å². The molecular formula is C25H29N3O3. The molecule has 31 heavy (non-hydrogen) atoms. The number of carbonyl (C=O) groups excluding carboxylic acids is 1. The highest BCUT2D eigenvalue weighted by Gasteiger charge is 2.46. The van der Waals surface area contributed by atoms with Crippen molar-refractivity contribution in [3.05, 3.63) is 83.2 Å². The predicted molar refractivity (Wildman–Crippen MR) is 121 cm³/mol. The van der Waals surface area contributed by atoms with Crippen LogP contribution in [0.2, 0.25) is 0 Å². The molecule has 1 fully saturated rings. The van der Waals surface area contributed by atoms with Gasteiger partial charge in [0.25, 0.3) is 5.91 Å². The van der Waals surface area contributed by atoms with Crippen LogP contribution in [0.1, 0.15) is 43.7 Å². The lowest BCUT2D eigenvalue weighted by atomic mass is 9.82. The van der Waals surface area contributed by atoms with Crippen molar-refractivity contribution >= 4 is 12.1 Å². The molecule has 0 radical (unpaired) electrons. The van der Waals surface area contributed by atoms with E-state index in [2.05, 4.69) is 43.2 Å². The van der Waals surface area contributed by atoms with Crippen LogP contribution in [0.15, 0.2) is 77.2 Å². The lowest BCUT2D eigenvalue weighted by Crippen LogP contribution is -2.59. The van der Waals surface area contributed by atoms with E-state index in [1.807, 2.05) is 41.3 Å². The van der Waals surface area contributed by atoms with Crippen LogP contribution in [0.25, 0.3) is 0 Å². The minimum atomic E-state index is -1.27. The first-order valence-corrected chi connectivity index (χ1v) is 10.9. The fraction of sp³-hybridized carbons (Fsp3) is 0.360. The Kier molecular flexibility index (Phi) is 6.09. The molecule has 2 aromatic rings. The van der Waals surface area contributed by atoms with Gasteiger partial charge in [-0.2, -0.15) is 5.10 Å². The molecule has 2 aromatic carbocycles. The third-order valence-electron chi connectivity index (χ3n) is 6.33. The Balaban J connectivity index is 1.87. The zero-order valence-corrected chi connectivity index (χ0v) is 17.9. The normalized spacial score (nSPS) is 21.3. The second-order valence-corrected chi connectivity index (χ2v) is 8.08. The molecule has 1 amide bonds. The lowest BCUT2D eigenvalue weighted by molar-refractivity contribution is -0.137. The number of nitrogens with zero attached hydrogens (tertiary/aromatic N) is 3. The Labute approximate surface area is 183 Å². The largest absolute Gasteiger partial charge is 0.507 e. The number of piperazine rings is 1. The molecule has 2 heterocycles. The zero-order chi connectivity index (χ0) is 22.0. The summed E-state index contributed by atoms with van der Waals surface area (Å²) in [4.78, 5) is 15.2. The third-order valence-corrected chi connectivity index (χ3v) is 6.33. The first-order valence-electron chi connectivity index (χ1n) is 10.9. The number of benzene rings is 2. The molecule has 2 aliphatic heterocycles. The van der Waals surface area contributed by atoms with Gasteiger partial charge in [0.05, 0.1) is 12.3 Å². The molecule has 4 rings (SSSR count). The third kappa shape index (κ3) is 3.83. The molecule has 6 heteroatoms. The smallest absolute Gasteiger partial charge is 0.276 e. The predicted octanol–water partition coefficient (Wildman–Crippen LogP) is 3.65.